The van der Waals surface area contributed by atoms with Gasteiger partial charge in [0.2, 0.25) is 5.91 Å². The molecule has 0 unspecified atom stereocenters. The van der Waals surface area contributed by atoms with Crippen LogP contribution < -0.4 is 10.6 Å². The van der Waals surface area contributed by atoms with Crippen molar-refractivity contribution >= 4 is 16.7 Å². The zero-order chi connectivity index (χ0) is 14.5. The molecule has 21 heavy (non-hydrogen) atoms. The van der Waals surface area contributed by atoms with E-state index in [1.165, 1.54) is 23.6 Å². The molecule has 0 aromatic heterocycles. The van der Waals surface area contributed by atoms with E-state index in [-0.39, 0.29) is 5.91 Å². The SMILES string of the molecule is O=C(Cc1ccc2ccccc2c1)NCCCNC1CC1. The zero-order valence-electron chi connectivity index (χ0n) is 12.3. The molecule has 0 spiro atoms. The van der Waals surface area contributed by atoms with Gasteiger partial charge in [-0.25, -0.2) is 0 Å². The van der Waals surface area contributed by atoms with Gasteiger partial charge in [0, 0.05) is 12.6 Å². The van der Waals surface area contributed by atoms with Gasteiger partial charge >= 0.3 is 0 Å². The summed E-state index contributed by atoms with van der Waals surface area (Å²) in [5, 5.41) is 8.85. The Morgan fingerprint density at radius 2 is 1.86 bits per heavy atom. The summed E-state index contributed by atoms with van der Waals surface area (Å²) in [6, 6.07) is 15.2. The summed E-state index contributed by atoms with van der Waals surface area (Å²) >= 11 is 0. The molecule has 0 aliphatic heterocycles. The molecule has 1 aliphatic rings. The first-order valence-corrected chi connectivity index (χ1v) is 7.79. The van der Waals surface area contributed by atoms with Crippen molar-refractivity contribution in [1.29, 1.82) is 0 Å². The molecule has 0 bridgehead atoms. The van der Waals surface area contributed by atoms with Crippen molar-refractivity contribution in [3.05, 3.63) is 48.0 Å². The molecule has 0 saturated heterocycles. The van der Waals surface area contributed by atoms with Gasteiger partial charge in [0.05, 0.1) is 6.42 Å². The van der Waals surface area contributed by atoms with Crippen LogP contribution in [0, 0.1) is 0 Å². The highest BCUT2D eigenvalue weighted by Crippen LogP contribution is 2.18. The predicted molar refractivity (Wildman–Crippen MR) is 86.3 cm³/mol. The van der Waals surface area contributed by atoms with Crippen LogP contribution in [0.1, 0.15) is 24.8 Å². The van der Waals surface area contributed by atoms with Crippen LogP contribution in [0.25, 0.3) is 10.8 Å². The Morgan fingerprint density at radius 1 is 1.05 bits per heavy atom. The van der Waals surface area contributed by atoms with Crippen molar-refractivity contribution in [3.63, 3.8) is 0 Å². The molecular formula is C18H22N2O. The summed E-state index contributed by atoms with van der Waals surface area (Å²) in [4.78, 5) is 11.9. The van der Waals surface area contributed by atoms with Crippen molar-refractivity contribution in [2.45, 2.75) is 31.7 Å². The number of amides is 1. The van der Waals surface area contributed by atoms with Gasteiger partial charge < -0.3 is 10.6 Å². The summed E-state index contributed by atoms with van der Waals surface area (Å²) in [6.45, 7) is 1.76. The lowest BCUT2D eigenvalue weighted by Gasteiger charge is -2.07. The molecule has 2 aromatic rings. The number of rotatable bonds is 7. The summed E-state index contributed by atoms with van der Waals surface area (Å²) < 4.78 is 0. The minimum absolute atomic E-state index is 0.108. The van der Waals surface area contributed by atoms with Crippen LogP contribution in [0.2, 0.25) is 0 Å². The molecule has 1 saturated carbocycles. The predicted octanol–water partition coefficient (Wildman–Crippen LogP) is 2.64. The number of carbonyl (C=O) groups excluding carboxylic acids is 1. The number of hydrogen-bond donors (Lipinski definition) is 2. The van der Waals surface area contributed by atoms with Crippen LogP contribution in [0.5, 0.6) is 0 Å². The van der Waals surface area contributed by atoms with Gasteiger partial charge in [0.1, 0.15) is 0 Å². The Bertz CT molecular complexity index is 619. The van der Waals surface area contributed by atoms with E-state index in [1.54, 1.807) is 0 Å². The monoisotopic (exact) mass is 282 g/mol. The third-order valence-corrected chi connectivity index (χ3v) is 3.86. The van der Waals surface area contributed by atoms with E-state index in [9.17, 15) is 4.79 Å². The highest BCUT2D eigenvalue weighted by atomic mass is 16.1. The second kappa shape index (κ2) is 6.72. The Morgan fingerprint density at radius 3 is 2.67 bits per heavy atom. The molecule has 1 fully saturated rings. The lowest BCUT2D eigenvalue weighted by atomic mass is 10.0. The van der Waals surface area contributed by atoms with Crippen molar-refractivity contribution in [2.75, 3.05) is 13.1 Å². The van der Waals surface area contributed by atoms with E-state index in [4.69, 9.17) is 0 Å². The second-order valence-corrected chi connectivity index (χ2v) is 5.79. The highest BCUT2D eigenvalue weighted by molar-refractivity contribution is 5.85. The molecule has 2 aromatic carbocycles. The van der Waals surface area contributed by atoms with Gasteiger partial charge in [0.15, 0.2) is 0 Å². The number of fused-ring (bicyclic) bond motifs is 1. The second-order valence-electron chi connectivity index (χ2n) is 5.79. The molecule has 3 heteroatoms. The van der Waals surface area contributed by atoms with Crippen molar-refractivity contribution < 1.29 is 4.79 Å². The van der Waals surface area contributed by atoms with Crippen LogP contribution in [-0.2, 0) is 11.2 Å². The fourth-order valence-corrected chi connectivity index (χ4v) is 2.51. The van der Waals surface area contributed by atoms with Gasteiger partial charge in [-0.1, -0.05) is 42.5 Å². The summed E-state index contributed by atoms with van der Waals surface area (Å²) in [5.41, 5.74) is 1.07. The third-order valence-electron chi connectivity index (χ3n) is 3.86. The number of carbonyl (C=O) groups is 1. The van der Waals surface area contributed by atoms with Crippen LogP contribution in [0.3, 0.4) is 0 Å². The number of benzene rings is 2. The first-order valence-electron chi connectivity index (χ1n) is 7.79. The normalized spacial score (nSPS) is 14.3. The minimum Gasteiger partial charge on any atom is -0.356 e. The number of nitrogens with one attached hydrogen (secondary N) is 2. The molecule has 3 nitrogen and oxygen atoms in total. The maximum atomic E-state index is 11.9. The van der Waals surface area contributed by atoms with Gasteiger partial charge in [-0.05, 0) is 42.1 Å². The maximum Gasteiger partial charge on any atom is 0.224 e. The number of hydrogen-bond acceptors (Lipinski definition) is 2. The quantitative estimate of drug-likeness (QED) is 0.767. The lowest BCUT2D eigenvalue weighted by molar-refractivity contribution is -0.120. The summed E-state index contributed by atoms with van der Waals surface area (Å²) in [7, 11) is 0. The van der Waals surface area contributed by atoms with Crippen molar-refractivity contribution in [2.24, 2.45) is 0 Å². The van der Waals surface area contributed by atoms with Gasteiger partial charge in [0.25, 0.3) is 0 Å². The Balaban J connectivity index is 1.44. The zero-order valence-corrected chi connectivity index (χ0v) is 12.3. The summed E-state index contributed by atoms with van der Waals surface area (Å²) in [5.74, 6) is 0.108. The first kappa shape index (κ1) is 14.1. The molecular weight excluding hydrogens is 260 g/mol. The van der Waals surface area contributed by atoms with Gasteiger partial charge in [-0.15, -0.1) is 0 Å². The van der Waals surface area contributed by atoms with E-state index in [2.05, 4.69) is 34.9 Å². The van der Waals surface area contributed by atoms with E-state index >= 15 is 0 Å². The Hall–Kier alpha value is -1.87. The lowest BCUT2D eigenvalue weighted by Crippen LogP contribution is -2.29. The minimum atomic E-state index is 0.108. The van der Waals surface area contributed by atoms with E-state index < -0.39 is 0 Å². The van der Waals surface area contributed by atoms with Crippen molar-refractivity contribution in [3.8, 4) is 0 Å². The fraction of sp³-hybridized carbons (Fsp3) is 0.389. The molecule has 0 atom stereocenters. The first-order chi connectivity index (χ1) is 10.3. The maximum absolute atomic E-state index is 11.9. The molecule has 0 heterocycles. The van der Waals surface area contributed by atoms with Gasteiger partial charge in [-0.3, -0.25) is 4.79 Å². The van der Waals surface area contributed by atoms with Crippen LogP contribution in [0.4, 0.5) is 0 Å². The van der Waals surface area contributed by atoms with E-state index in [0.717, 1.165) is 31.1 Å². The average Bonchev–Trinajstić information content (AvgIpc) is 3.31. The smallest absolute Gasteiger partial charge is 0.224 e. The topological polar surface area (TPSA) is 41.1 Å². The molecule has 3 rings (SSSR count). The van der Waals surface area contributed by atoms with Crippen LogP contribution >= 0.6 is 0 Å². The standard InChI is InChI=1S/C18H22N2O/c21-18(20-11-3-10-19-17-8-9-17)13-14-6-7-15-4-1-2-5-16(15)12-14/h1-2,4-7,12,17,19H,3,8-11,13H2,(H,20,21). The van der Waals surface area contributed by atoms with Crippen LogP contribution in [-0.4, -0.2) is 25.0 Å². The fourth-order valence-electron chi connectivity index (χ4n) is 2.51. The van der Waals surface area contributed by atoms with Crippen molar-refractivity contribution in [1.82, 2.24) is 10.6 Å². The molecule has 2 N–H and O–H groups in total. The average molecular weight is 282 g/mol. The largest absolute Gasteiger partial charge is 0.356 e. The van der Waals surface area contributed by atoms with Crippen LogP contribution in [0.15, 0.2) is 42.5 Å². The van der Waals surface area contributed by atoms with E-state index in [1.807, 2.05) is 18.2 Å². The third kappa shape index (κ3) is 4.30. The molecule has 1 amide bonds. The molecule has 110 valence electrons. The Labute approximate surface area is 125 Å². The molecule has 1 aliphatic carbocycles. The highest BCUT2D eigenvalue weighted by Gasteiger charge is 2.19. The summed E-state index contributed by atoms with van der Waals surface area (Å²) in [6.07, 6.45) is 4.09. The van der Waals surface area contributed by atoms with E-state index in [0.29, 0.717) is 6.42 Å². The molecule has 0 radical (unpaired) electrons. The Kier molecular flexibility index (Phi) is 4.51. The van der Waals surface area contributed by atoms with Gasteiger partial charge in [-0.2, -0.15) is 0 Å².